The molecule has 0 aliphatic heterocycles. The van der Waals surface area contributed by atoms with E-state index in [9.17, 15) is 15.0 Å². The second-order valence-corrected chi connectivity index (χ2v) is 5.98. The summed E-state index contributed by atoms with van der Waals surface area (Å²) in [5, 5.41) is 21.6. The smallest absolute Gasteiger partial charge is 0.339 e. The van der Waals surface area contributed by atoms with Crippen LogP contribution in [-0.4, -0.2) is 30.3 Å². The number of aromatic hydroxyl groups is 1. The van der Waals surface area contributed by atoms with E-state index in [4.69, 9.17) is 0 Å². The lowest BCUT2D eigenvalue weighted by atomic mass is 9.93. The van der Waals surface area contributed by atoms with Gasteiger partial charge >= 0.3 is 5.97 Å². The minimum atomic E-state index is -1.12. The van der Waals surface area contributed by atoms with Crippen molar-refractivity contribution < 1.29 is 15.0 Å². The quantitative estimate of drug-likeness (QED) is 0.765. The molecule has 4 nitrogen and oxygen atoms in total. The van der Waals surface area contributed by atoms with Crippen LogP contribution < -0.4 is 4.90 Å². The van der Waals surface area contributed by atoms with E-state index in [2.05, 4.69) is 0 Å². The zero-order valence-electron chi connectivity index (χ0n) is 13.7. The lowest BCUT2D eigenvalue weighted by Crippen LogP contribution is -2.11. The van der Waals surface area contributed by atoms with Crippen LogP contribution in [-0.2, 0) is 6.42 Å². The highest BCUT2D eigenvalue weighted by atomic mass is 16.4. The van der Waals surface area contributed by atoms with E-state index in [-0.39, 0.29) is 11.3 Å². The van der Waals surface area contributed by atoms with Crippen molar-refractivity contribution in [1.82, 2.24) is 0 Å². The molecule has 0 saturated carbocycles. The Hall–Kier alpha value is -3.01. The number of carboxylic acid groups (broad SMARTS) is 1. The molecule has 4 heteroatoms. The van der Waals surface area contributed by atoms with Crippen LogP contribution >= 0.6 is 0 Å². The van der Waals surface area contributed by atoms with Crippen LogP contribution in [0.5, 0.6) is 5.75 Å². The van der Waals surface area contributed by atoms with Gasteiger partial charge in [-0.15, -0.1) is 0 Å². The molecule has 0 saturated heterocycles. The second kappa shape index (κ2) is 6.24. The molecule has 0 aromatic heterocycles. The molecule has 0 fully saturated rings. The van der Waals surface area contributed by atoms with Crippen molar-refractivity contribution in [2.24, 2.45) is 0 Å². The highest BCUT2D eigenvalue weighted by Crippen LogP contribution is 2.34. The molecule has 0 heterocycles. The molecule has 0 radical (unpaired) electrons. The average molecular weight is 321 g/mol. The molecule has 0 aliphatic carbocycles. The summed E-state index contributed by atoms with van der Waals surface area (Å²) in [5.41, 5.74) is 2.65. The fraction of sp³-hybridized carbons (Fsp3) is 0.150. The van der Waals surface area contributed by atoms with Gasteiger partial charge in [0.2, 0.25) is 0 Å². The maximum Gasteiger partial charge on any atom is 0.339 e. The third-order valence-corrected chi connectivity index (χ3v) is 4.20. The molecule has 3 aromatic rings. The molecule has 122 valence electrons. The number of hydrogen-bond donors (Lipinski definition) is 2. The Morgan fingerprint density at radius 2 is 1.71 bits per heavy atom. The van der Waals surface area contributed by atoms with Crippen molar-refractivity contribution in [3.05, 3.63) is 71.3 Å². The summed E-state index contributed by atoms with van der Waals surface area (Å²) in [5.74, 6) is -1.28. The number of carbonyl (C=O) groups is 1. The van der Waals surface area contributed by atoms with Gasteiger partial charge in [0.1, 0.15) is 11.3 Å². The van der Waals surface area contributed by atoms with Gasteiger partial charge in [0.25, 0.3) is 0 Å². The number of nitrogens with zero attached hydrogens (tertiary/aromatic N) is 1. The van der Waals surface area contributed by atoms with Crippen molar-refractivity contribution in [2.75, 3.05) is 19.0 Å². The molecule has 2 N–H and O–H groups in total. The summed E-state index contributed by atoms with van der Waals surface area (Å²) >= 11 is 0. The molecular formula is C20H19NO3. The van der Waals surface area contributed by atoms with E-state index in [1.165, 1.54) is 6.07 Å². The van der Waals surface area contributed by atoms with Gasteiger partial charge in [-0.05, 0) is 28.5 Å². The number of aromatic carboxylic acids is 1. The number of rotatable bonds is 4. The molecule has 0 amide bonds. The first-order valence-electron chi connectivity index (χ1n) is 7.71. The third-order valence-electron chi connectivity index (χ3n) is 4.20. The van der Waals surface area contributed by atoms with E-state index in [1.54, 1.807) is 0 Å². The predicted octanol–water partition coefficient (Wildman–Crippen LogP) is 3.90. The first-order chi connectivity index (χ1) is 11.5. The Bertz CT molecular complexity index is 916. The van der Waals surface area contributed by atoms with Gasteiger partial charge in [-0.3, -0.25) is 0 Å². The number of benzene rings is 3. The van der Waals surface area contributed by atoms with Gasteiger partial charge in [0, 0.05) is 31.8 Å². The number of hydrogen-bond acceptors (Lipinski definition) is 3. The average Bonchev–Trinajstić information content (AvgIpc) is 2.57. The summed E-state index contributed by atoms with van der Waals surface area (Å²) in [6.07, 6.45) is 0.460. The van der Waals surface area contributed by atoms with Gasteiger partial charge in [-0.25, -0.2) is 4.79 Å². The van der Waals surface area contributed by atoms with Gasteiger partial charge < -0.3 is 15.1 Å². The Labute approximate surface area is 140 Å². The van der Waals surface area contributed by atoms with E-state index in [1.807, 2.05) is 67.5 Å². The zero-order valence-corrected chi connectivity index (χ0v) is 13.7. The minimum Gasteiger partial charge on any atom is -0.507 e. The first-order valence-corrected chi connectivity index (χ1v) is 7.71. The topological polar surface area (TPSA) is 60.8 Å². The zero-order chi connectivity index (χ0) is 17.3. The van der Waals surface area contributed by atoms with Crippen molar-refractivity contribution in [3.63, 3.8) is 0 Å². The van der Waals surface area contributed by atoms with Gasteiger partial charge in [-0.1, -0.05) is 42.5 Å². The molecule has 3 aromatic carbocycles. The molecule has 0 atom stereocenters. The summed E-state index contributed by atoms with van der Waals surface area (Å²) in [6.45, 7) is 0. The number of fused-ring (bicyclic) bond motifs is 1. The predicted molar refractivity (Wildman–Crippen MR) is 96.1 cm³/mol. The monoisotopic (exact) mass is 321 g/mol. The summed E-state index contributed by atoms with van der Waals surface area (Å²) in [7, 11) is 3.93. The van der Waals surface area contributed by atoms with Crippen LogP contribution in [0.15, 0.2) is 54.6 Å². The van der Waals surface area contributed by atoms with Crippen molar-refractivity contribution in [3.8, 4) is 5.75 Å². The van der Waals surface area contributed by atoms with Crippen molar-refractivity contribution >= 4 is 22.4 Å². The lowest BCUT2D eigenvalue weighted by molar-refractivity contribution is 0.0693. The van der Waals surface area contributed by atoms with Crippen LogP contribution in [0.4, 0.5) is 5.69 Å². The fourth-order valence-electron chi connectivity index (χ4n) is 3.04. The molecule has 0 unspecified atom stereocenters. The van der Waals surface area contributed by atoms with Gasteiger partial charge in [-0.2, -0.15) is 0 Å². The van der Waals surface area contributed by atoms with Crippen LogP contribution in [0.2, 0.25) is 0 Å². The fourth-order valence-corrected chi connectivity index (χ4v) is 3.04. The number of anilines is 1. The van der Waals surface area contributed by atoms with Crippen LogP contribution in [0.25, 0.3) is 10.8 Å². The van der Waals surface area contributed by atoms with E-state index < -0.39 is 5.97 Å². The highest BCUT2D eigenvalue weighted by Gasteiger charge is 2.18. The maximum atomic E-state index is 11.5. The molecule has 3 rings (SSSR count). The van der Waals surface area contributed by atoms with Crippen molar-refractivity contribution in [1.29, 1.82) is 0 Å². The first kappa shape index (κ1) is 15.9. The number of phenols is 1. The molecule has 0 aliphatic rings. The van der Waals surface area contributed by atoms with E-state index in [0.29, 0.717) is 12.0 Å². The van der Waals surface area contributed by atoms with E-state index in [0.717, 1.165) is 22.0 Å². The van der Waals surface area contributed by atoms with Gasteiger partial charge in [0.15, 0.2) is 0 Å². The molecular weight excluding hydrogens is 302 g/mol. The SMILES string of the molecule is CN(C)c1ccccc1Cc1c(O)c(C(=O)O)cc2ccccc12. The van der Waals surface area contributed by atoms with Gasteiger partial charge in [0.05, 0.1) is 0 Å². The largest absolute Gasteiger partial charge is 0.507 e. The maximum absolute atomic E-state index is 11.5. The Morgan fingerprint density at radius 3 is 2.42 bits per heavy atom. The Kier molecular flexibility index (Phi) is 4.13. The molecule has 24 heavy (non-hydrogen) atoms. The lowest BCUT2D eigenvalue weighted by Gasteiger charge is -2.19. The van der Waals surface area contributed by atoms with E-state index >= 15 is 0 Å². The molecule has 0 bridgehead atoms. The van der Waals surface area contributed by atoms with Crippen molar-refractivity contribution in [2.45, 2.75) is 6.42 Å². The summed E-state index contributed by atoms with van der Waals surface area (Å²) in [6, 6.07) is 17.0. The highest BCUT2D eigenvalue weighted by molar-refractivity contribution is 5.99. The number of para-hydroxylation sites is 1. The minimum absolute atomic E-state index is 0.0639. The van der Waals surface area contributed by atoms with Crippen LogP contribution in [0.1, 0.15) is 21.5 Å². The standard InChI is InChI=1S/C20H19NO3/c1-21(2)18-10-6-4-8-14(18)12-16-15-9-5-3-7-13(15)11-17(19(16)22)20(23)24/h3-11,22H,12H2,1-2H3,(H,23,24). The van der Waals surface area contributed by atoms with Crippen LogP contribution in [0, 0.1) is 0 Å². The summed E-state index contributed by atoms with van der Waals surface area (Å²) < 4.78 is 0. The normalized spacial score (nSPS) is 10.8. The third kappa shape index (κ3) is 2.78. The second-order valence-electron chi connectivity index (χ2n) is 5.98. The number of carboxylic acids is 1. The van der Waals surface area contributed by atoms with Crippen LogP contribution in [0.3, 0.4) is 0 Å². The summed E-state index contributed by atoms with van der Waals surface area (Å²) in [4.78, 5) is 13.5. The Morgan fingerprint density at radius 1 is 1.04 bits per heavy atom. The molecule has 0 spiro atoms. The Balaban J connectivity index is 2.23.